The van der Waals surface area contributed by atoms with Crippen LogP contribution in [0.5, 0.6) is 0 Å². The summed E-state index contributed by atoms with van der Waals surface area (Å²) in [4.78, 5) is 10.3. The van der Waals surface area contributed by atoms with Crippen LogP contribution in [0.15, 0.2) is 0 Å². The number of amides is 1. The number of primary amides is 1. The molecular weight excluding hydrogens is 214 g/mol. The average molecular weight is 239 g/mol. The molecule has 0 aromatic heterocycles. The lowest BCUT2D eigenvalue weighted by Gasteiger charge is -1.97. The van der Waals surface area contributed by atoms with E-state index in [0.29, 0.717) is 6.42 Å². The minimum absolute atomic E-state index is 0. The van der Waals surface area contributed by atoms with Crippen molar-refractivity contribution >= 4 is 27.5 Å². The number of hydrogen-bond acceptors (Lipinski definition) is 3. The van der Waals surface area contributed by atoms with Crippen LogP contribution in [0.2, 0.25) is 0 Å². The van der Waals surface area contributed by atoms with E-state index in [0.717, 1.165) is 12.2 Å². The molecule has 0 saturated carbocycles. The topological polar surface area (TPSA) is 43.1 Å². The quantitative estimate of drug-likeness (QED) is 0.544. The van der Waals surface area contributed by atoms with Gasteiger partial charge in [0.1, 0.15) is 0 Å². The summed E-state index contributed by atoms with van der Waals surface area (Å²) >= 11 is 0. The van der Waals surface area contributed by atoms with E-state index in [-0.39, 0.29) is 7.33 Å². The van der Waals surface area contributed by atoms with Crippen molar-refractivity contribution in [1.29, 1.82) is 0 Å². The highest BCUT2D eigenvalue weighted by molar-refractivity contribution is 8.76. The molecule has 0 radical (unpaired) electrons. The third kappa shape index (κ3) is 22.7. The van der Waals surface area contributed by atoms with E-state index >= 15 is 0 Å². The smallest absolute Gasteiger partial charge is 0.217 e. The second kappa shape index (κ2) is 15.6. The predicted molar refractivity (Wildman–Crippen MR) is 71.7 cm³/mol. The van der Waals surface area contributed by atoms with Gasteiger partial charge in [0.05, 0.1) is 0 Å². The van der Waals surface area contributed by atoms with Crippen LogP contribution in [0, 0.1) is 0 Å². The molecule has 4 heteroatoms. The molecule has 0 bridgehead atoms. The third-order valence-corrected chi connectivity index (χ3v) is 3.72. The molecular formula is C10H25NOS2. The normalized spacial score (nSPS) is 9.07. The lowest BCUT2D eigenvalue weighted by Crippen LogP contribution is -2.09. The Bertz CT molecular complexity index is 126. The molecule has 0 unspecified atom stereocenters. The molecule has 0 aromatic rings. The van der Waals surface area contributed by atoms with Crippen molar-refractivity contribution in [1.82, 2.24) is 0 Å². The first kappa shape index (κ1) is 16.6. The van der Waals surface area contributed by atoms with Crippen LogP contribution in [0.3, 0.4) is 0 Å². The predicted octanol–water partition coefficient (Wildman–Crippen LogP) is 3.71. The zero-order valence-corrected chi connectivity index (χ0v) is 11.2. The van der Waals surface area contributed by atoms with Gasteiger partial charge in [-0.25, -0.2) is 0 Å². The molecule has 88 valence electrons. The minimum atomic E-state index is -0.189. The molecule has 0 heterocycles. The molecule has 0 spiro atoms. The zero-order valence-electron chi connectivity index (χ0n) is 9.54. The van der Waals surface area contributed by atoms with Crippen LogP contribution in [-0.2, 0) is 4.79 Å². The van der Waals surface area contributed by atoms with Crippen LogP contribution in [0.4, 0.5) is 0 Å². The highest BCUT2D eigenvalue weighted by Gasteiger charge is 1.94. The van der Waals surface area contributed by atoms with Crippen LogP contribution in [-0.4, -0.2) is 17.4 Å². The molecule has 0 aliphatic carbocycles. The maximum Gasteiger partial charge on any atom is 0.217 e. The first-order valence-corrected chi connectivity index (χ1v) is 7.70. The molecule has 1 amide bonds. The van der Waals surface area contributed by atoms with Crippen molar-refractivity contribution in [3.05, 3.63) is 0 Å². The van der Waals surface area contributed by atoms with Crippen molar-refractivity contribution in [2.24, 2.45) is 5.73 Å². The van der Waals surface area contributed by atoms with Gasteiger partial charge in [0.25, 0.3) is 0 Å². The summed E-state index contributed by atoms with van der Waals surface area (Å²) in [6, 6.07) is 0. The zero-order chi connectivity index (χ0) is 11.2. The van der Waals surface area contributed by atoms with Gasteiger partial charge in [0.2, 0.25) is 5.91 Å². The van der Waals surface area contributed by atoms with E-state index in [1.807, 2.05) is 21.6 Å². The van der Waals surface area contributed by atoms with Crippen LogP contribution < -0.4 is 5.73 Å². The van der Waals surface area contributed by atoms with Crippen molar-refractivity contribution in [2.45, 2.75) is 46.5 Å². The van der Waals surface area contributed by atoms with Crippen LogP contribution in [0.25, 0.3) is 0 Å². The maximum absolute atomic E-state index is 10.3. The van der Waals surface area contributed by atoms with Crippen molar-refractivity contribution in [3.8, 4) is 0 Å². The number of nitrogens with two attached hydrogens (primary N) is 1. The molecule has 0 fully saturated rings. The molecule has 2 N–H and O–H groups in total. The monoisotopic (exact) mass is 239 g/mol. The second-order valence-corrected chi connectivity index (χ2v) is 5.62. The highest BCUT2D eigenvalue weighted by atomic mass is 33.1. The Morgan fingerprint density at radius 1 is 1.21 bits per heavy atom. The van der Waals surface area contributed by atoms with E-state index in [2.05, 4.69) is 20.8 Å². The van der Waals surface area contributed by atoms with E-state index in [1.165, 1.54) is 18.6 Å². The summed E-state index contributed by atoms with van der Waals surface area (Å²) in [5.74, 6) is 2.04. The molecule has 0 atom stereocenters. The van der Waals surface area contributed by atoms with E-state index in [9.17, 15) is 4.79 Å². The van der Waals surface area contributed by atoms with Gasteiger partial charge < -0.3 is 5.73 Å². The standard InChI is InChI=1S/C7H15NOS2.C3H8.H2/c1-2-5-10-11-6-3-4-7(8)9;1-3-2;/h2-6H2,1H3,(H2,8,9);3H2,1-2H3;1H. The highest BCUT2D eigenvalue weighted by Crippen LogP contribution is 2.22. The summed E-state index contributed by atoms with van der Waals surface area (Å²) in [7, 11) is 3.70. The fourth-order valence-electron chi connectivity index (χ4n) is 0.507. The lowest BCUT2D eigenvalue weighted by atomic mass is 10.3. The summed E-state index contributed by atoms with van der Waals surface area (Å²) in [5.41, 5.74) is 4.98. The average Bonchev–Trinajstić information content (AvgIpc) is 2.12. The van der Waals surface area contributed by atoms with Crippen LogP contribution >= 0.6 is 21.6 Å². The van der Waals surface area contributed by atoms with E-state index in [1.54, 1.807) is 0 Å². The fourth-order valence-corrected chi connectivity index (χ4v) is 2.73. The number of carbonyl (C=O) groups excluding carboxylic acids is 1. The largest absolute Gasteiger partial charge is 0.370 e. The van der Waals surface area contributed by atoms with Crippen molar-refractivity contribution < 1.29 is 6.22 Å². The van der Waals surface area contributed by atoms with Gasteiger partial charge in [-0.15, -0.1) is 0 Å². The van der Waals surface area contributed by atoms with Gasteiger partial charge in [0, 0.05) is 19.4 Å². The number of rotatable bonds is 7. The lowest BCUT2D eigenvalue weighted by molar-refractivity contribution is -0.118. The van der Waals surface area contributed by atoms with Gasteiger partial charge in [-0.2, -0.15) is 0 Å². The summed E-state index contributed by atoms with van der Waals surface area (Å²) in [5, 5.41) is 0. The summed E-state index contributed by atoms with van der Waals surface area (Å²) in [6.45, 7) is 6.41. The molecule has 14 heavy (non-hydrogen) atoms. The van der Waals surface area contributed by atoms with Gasteiger partial charge in [-0.3, -0.25) is 4.79 Å². The van der Waals surface area contributed by atoms with Gasteiger partial charge in [-0.1, -0.05) is 48.8 Å². The van der Waals surface area contributed by atoms with Gasteiger partial charge in [-0.05, 0) is 12.8 Å². The molecule has 0 aliphatic rings. The Morgan fingerprint density at radius 2 is 1.71 bits per heavy atom. The van der Waals surface area contributed by atoms with Gasteiger partial charge >= 0.3 is 0 Å². The Labute approximate surface area is 97.7 Å². The Hall–Kier alpha value is 0.170. The molecule has 0 saturated heterocycles. The first-order valence-electron chi connectivity index (χ1n) is 5.21. The Kier molecular flexibility index (Phi) is 18.5. The Morgan fingerprint density at radius 3 is 2.14 bits per heavy atom. The fraction of sp³-hybridized carbons (Fsp3) is 0.900. The van der Waals surface area contributed by atoms with Crippen LogP contribution in [0.1, 0.15) is 47.9 Å². The first-order chi connectivity index (χ1) is 6.68. The molecule has 0 aromatic carbocycles. The number of carbonyl (C=O) groups is 1. The van der Waals surface area contributed by atoms with E-state index < -0.39 is 0 Å². The molecule has 2 nitrogen and oxygen atoms in total. The van der Waals surface area contributed by atoms with Crippen molar-refractivity contribution in [2.75, 3.05) is 11.5 Å². The minimum Gasteiger partial charge on any atom is -0.370 e. The Balaban J connectivity index is -0.000000320. The van der Waals surface area contributed by atoms with E-state index in [4.69, 9.17) is 5.73 Å². The molecule has 0 rings (SSSR count). The summed E-state index contributed by atoms with van der Waals surface area (Å²) < 4.78 is 0. The maximum atomic E-state index is 10.3. The van der Waals surface area contributed by atoms with Crippen molar-refractivity contribution in [3.63, 3.8) is 0 Å². The third-order valence-electron chi connectivity index (χ3n) is 1.02. The van der Waals surface area contributed by atoms with Gasteiger partial charge in [0.15, 0.2) is 0 Å². The second-order valence-electron chi connectivity index (χ2n) is 2.92. The SMILES string of the molecule is CCC.CCCSSCCCC(N)=O.[HH]. The summed E-state index contributed by atoms with van der Waals surface area (Å²) in [6.07, 6.45) is 3.91. The number of hydrogen-bond donors (Lipinski definition) is 1. The molecule has 0 aliphatic heterocycles.